The molecule has 5 atom stereocenters. The lowest BCUT2D eigenvalue weighted by molar-refractivity contribution is -0.0453. The summed E-state index contributed by atoms with van der Waals surface area (Å²) in [6.45, 7) is -2.28. The van der Waals surface area contributed by atoms with E-state index in [0.29, 0.717) is 5.56 Å². The van der Waals surface area contributed by atoms with Crippen molar-refractivity contribution in [2.45, 2.75) is 36.5 Å². The topological polar surface area (TPSA) is 41.9 Å². The predicted octanol–water partition coefficient (Wildman–Crippen LogP) is 1.50. The molecule has 4 heteroatoms. The van der Waals surface area contributed by atoms with E-state index in [1.54, 1.807) is 6.07 Å². The van der Waals surface area contributed by atoms with Crippen LogP contribution < -0.4 is 9.47 Å². The van der Waals surface area contributed by atoms with Gasteiger partial charge in [-0.1, -0.05) is 18.2 Å². The third-order valence-electron chi connectivity index (χ3n) is 5.54. The maximum atomic E-state index is 9.48. The van der Waals surface area contributed by atoms with E-state index in [9.17, 15) is 1.37 Å². The van der Waals surface area contributed by atoms with Crippen molar-refractivity contribution in [1.29, 1.82) is 1.43 Å². The zero-order chi connectivity index (χ0) is 22.6. The molecule has 0 saturated carbocycles. The third-order valence-corrected chi connectivity index (χ3v) is 5.54. The predicted molar refractivity (Wildman–Crippen MR) is 82.5 cm³/mol. The van der Waals surface area contributed by atoms with E-state index < -0.39 is 43.5 Å². The zero-order valence-corrected chi connectivity index (χ0v) is 11.8. The highest BCUT2D eigenvalue weighted by molar-refractivity contribution is 5.62. The Morgan fingerprint density at radius 1 is 1.55 bits per heavy atom. The van der Waals surface area contributed by atoms with Crippen LogP contribution in [0.4, 0.5) is 0 Å². The Labute approximate surface area is 143 Å². The number of likely N-dealkylation sites (N-methyl/N-ethyl adjacent to an activating group) is 1. The normalized spacial score (nSPS) is 54.8. The molecule has 4 aliphatic rings. The van der Waals surface area contributed by atoms with Gasteiger partial charge in [0, 0.05) is 28.4 Å². The van der Waals surface area contributed by atoms with Crippen LogP contribution in [0.25, 0.3) is 0 Å². The summed E-state index contributed by atoms with van der Waals surface area (Å²) in [5, 5.41) is 4.75. The second kappa shape index (κ2) is 4.06. The number of ether oxygens (including phenoxy) is 2. The second-order valence-electron chi connectivity index (χ2n) is 6.35. The van der Waals surface area contributed by atoms with Crippen molar-refractivity contribution in [2.24, 2.45) is 5.89 Å². The van der Waals surface area contributed by atoms with Gasteiger partial charge in [0.2, 0.25) is 1.43 Å². The lowest BCUT2D eigenvalue weighted by atomic mass is 9.53. The van der Waals surface area contributed by atoms with Crippen LogP contribution in [0.2, 0.25) is 0 Å². The van der Waals surface area contributed by atoms with Crippen LogP contribution in [0.1, 0.15) is 28.5 Å². The first-order valence-corrected chi connectivity index (χ1v) is 7.40. The van der Waals surface area contributed by atoms with Gasteiger partial charge >= 0.3 is 0 Å². The molecule has 2 aliphatic heterocycles. The van der Waals surface area contributed by atoms with E-state index in [1.165, 1.54) is 23.1 Å². The summed E-state index contributed by atoms with van der Waals surface area (Å²) in [6, 6.07) is 2.41. The molecule has 1 saturated heterocycles. The fourth-order valence-electron chi connectivity index (χ4n) is 4.67. The van der Waals surface area contributed by atoms with Gasteiger partial charge in [-0.2, -0.15) is 0 Å². The van der Waals surface area contributed by atoms with E-state index in [0.717, 1.165) is 5.56 Å². The molecular weight excluding hydrogens is 278 g/mol. The minimum atomic E-state index is -2.73. The van der Waals surface area contributed by atoms with Crippen LogP contribution in [0.3, 0.4) is 0 Å². The molecule has 0 radical (unpaired) electrons. The van der Waals surface area contributed by atoms with Crippen molar-refractivity contribution in [3.05, 3.63) is 35.4 Å². The van der Waals surface area contributed by atoms with Crippen LogP contribution >= 0.6 is 0 Å². The standard InChI is InChI=1S/C18H21NO3/c1-19-8-7-18-11-4-5-13(20)17(18)22-16-14(21-2)6-3-10(15(16)18)9-12(11)19/h3-6,11-13,17,20H,7-9H2,1-2H3/t11-,12+,13?,17?,18-/m0/s1/i1D3,2D3,11D,13D,20D. The van der Waals surface area contributed by atoms with Crippen LogP contribution in [0.15, 0.2) is 24.3 Å². The largest absolute Gasteiger partial charge is 0.493 e. The fraction of sp³-hybridized carbons (Fsp3) is 0.556. The molecule has 1 N–H and O–H groups in total. The van der Waals surface area contributed by atoms with E-state index >= 15 is 0 Å². The highest BCUT2D eigenvalue weighted by Crippen LogP contribution is 2.62. The number of likely N-dealkylation sites (tertiary alicyclic amines) is 1. The smallest absolute Gasteiger partial charge is 0.211 e. The Morgan fingerprint density at radius 3 is 3.41 bits per heavy atom. The number of hydrogen-bond acceptors (Lipinski definition) is 4. The Bertz CT molecular complexity index is 979. The van der Waals surface area contributed by atoms with Gasteiger partial charge < -0.3 is 19.5 Å². The van der Waals surface area contributed by atoms with Crippen molar-refractivity contribution < 1.29 is 25.5 Å². The molecule has 22 heavy (non-hydrogen) atoms. The first-order valence-electron chi connectivity index (χ1n) is 11.8. The van der Waals surface area contributed by atoms with Gasteiger partial charge in [0.15, 0.2) is 11.5 Å². The average molecular weight is 308 g/mol. The molecule has 4 nitrogen and oxygen atoms in total. The minimum absolute atomic E-state index is 0.0334. The molecule has 2 bridgehead atoms. The van der Waals surface area contributed by atoms with Crippen molar-refractivity contribution in [3.63, 3.8) is 0 Å². The first-order chi connectivity index (χ1) is 14.3. The Hall–Kier alpha value is -1.52. The molecule has 0 amide bonds. The Morgan fingerprint density at radius 2 is 2.55 bits per heavy atom. The summed E-state index contributed by atoms with van der Waals surface area (Å²) in [7, 11) is -2.73. The van der Waals surface area contributed by atoms with Crippen molar-refractivity contribution in [2.75, 3.05) is 20.6 Å². The van der Waals surface area contributed by atoms with Gasteiger partial charge in [0.1, 0.15) is 12.2 Å². The van der Waals surface area contributed by atoms with Gasteiger partial charge in [0.05, 0.1) is 12.5 Å². The van der Waals surface area contributed by atoms with Gasteiger partial charge in [-0.05, 0) is 38.0 Å². The van der Waals surface area contributed by atoms with Gasteiger partial charge in [-0.3, -0.25) is 0 Å². The molecule has 2 unspecified atom stereocenters. The van der Waals surface area contributed by atoms with Crippen LogP contribution in [-0.2, 0) is 11.8 Å². The summed E-state index contributed by atoms with van der Waals surface area (Å²) < 4.78 is 83.3. The Balaban J connectivity index is 1.78. The fourth-order valence-corrected chi connectivity index (χ4v) is 4.67. The van der Waals surface area contributed by atoms with E-state index in [1.807, 2.05) is 0 Å². The molecule has 1 aromatic rings. The summed E-state index contributed by atoms with van der Waals surface area (Å²) >= 11 is 0. The number of piperidine rings is 1. The molecule has 2 aliphatic carbocycles. The molecule has 116 valence electrons. The quantitative estimate of drug-likeness (QED) is 0.841. The first kappa shape index (κ1) is 6.93. The molecule has 0 aromatic heterocycles. The minimum Gasteiger partial charge on any atom is -0.493 e. The number of benzene rings is 1. The SMILES string of the molecule is [2H]OC1([2H])C=C[C@@]2([2H])[C@H]3Cc4ccc(OC([2H])([2H])[2H])c5c4[C@@]2(CCN3C([2H])([2H])[2H])C1O5. The number of aliphatic hydroxyl groups is 1. The summed E-state index contributed by atoms with van der Waals surface area (Å²) in [4.78, 5) is 1.35. The highest BCUT2D eigenvalue weighted by atomic mass is 16.5. The molecular formula is C18H21NO3. The monoisotopic (exact) mass is 308 g/mol. The molecule has 5 rings (SSSR count). The van der Waals surface area contributed by atoms with Crippen molar-refractivity contribution >= 4 is 0 Å². The maximum absolute atomic E-state index is 9.48. The summed E-state index contributed by atoms with van der Waals surface area (Å²) in [5.41, 5.74) is 0.0992. The molecule has 2 heterocycles. The van der Waals surface area contributed by atoms with E-state index in [2.05, 4.69) is 0 Å². The van der Waals surface area contributed by atoms with Crippen molar-refractivity contribution in [1.82, 2.24) is 4.90 Å². The van der Waals surface area contributed by atoms with Crippen LogP contribution in [0.5, 0.6) is 11.5 Å². The van der Waals surface area contributed by atoms with Crippen molar-refractivity contribution in [3.8, 4) is 11.5 Å². The number of rotatable bonds is 2. The molecule has 1 aromatic carbocycles. The highest BCUT2D eigenvalue weighted by Gasteiger charge is 2.64. The zero-order valence-electron chi connectivity index (χ0n) is 20.8. The number of methoxy groups -OCH3 is 1. The van der Waals surface area contributed by atoms with Crippen LogP contribution in [-0.4, -0.2) is 50.2 Å². The van der Waals surface area contributed by atoms with Gasteiger partial charge in [0.25, 0.3) is 0 Å². The van der Waals surface area contributed by atoms with E-state index in [4.69, 9.17) is 25.6 Å². The van der Waals surface area contributed by atoms with Crippen LogP contribution in [0, 0.1) is 5.89 Å². The Kier molecular flexibility index (Phi) is 1.28. The van der Waals surface area contributed by atoms with E-state index in [-0.39, 0.29) is 30.9 Å². The maximum Gasteiger partial charge on any atom is 0.211 e. The molecule has 1 spiro atoms. The lowest BCUT2D eigenvalue weighted by Crippen LogP contribution is -2.64. The summed E-state index contributed by atoms with van der Waals surface area (Å²) in [5.74, 6) is -1.38. The number of hydrogen-bond donors (Lipinski definition) is 1. The molecule has 1 fully saturated rings. The lowest BCUT2D eigenvalue weighted by Gasteiger charge is -2.56. The second-order valence-corrected chi connectivity index (χ2v) is 6.35. The summed E-state index contributed by atoms with van der Waals surface area (Å²) in [6.07, 6.45) is 0.0488. The van der Waals surface area contributed by atoms with Gasteiger partial charge in [-0.25, -0.2) is 0 Å². The van der Waals surface area contributed by atoms with Gasteiger partial charge in [-0.15, -0.1) is 0 Å². The number of nitrogens with zero attached hydrogens (tertiary/aromatic N) is 1. The third kappa shape index (κ3) is 1.28. The average Bonchev–Trinajstić information content (AvgIpc) is 3.00.